The minimum atomic E-state index is -0.496. The number of hydrogen-bond donors (Lipinski definition) is 1. The van der Waals surface area contributed by atoms with Crippen LogP contribution in [-0.2, 0) is 0 Å². The highest BCUT2D eigenvalue weighted by Crippen LogP contribution is 2.21. The molecule has 0 saturated carbocycles. The summed E-state index contributed by atoms with van der Waals surface area (Å²) in [5.74, 6) is -0.813. The van der Waals surface area contributed by atoms with Gasteiger partial charge in [0.15, 0.2) is 0 Å². The van der Waals surface area contributed by atoms with E-state index in [9.17, 15) is 9.18 Å². The van der Waals surface area contributed by atoms with Crippen molar-refractivity contribution >= 4 is 5.91 Å². The van der Waals surface area contributed by atoms with Crippen LogP contribution in [0.3, 0.4) is 0 Å². The van der Waals surface area contributed by atoms with Crippen molar-refractivity contribution in [3.8, 4) is 0 Å². The van der Waals surface area contributed by atoms with Crippen LogP contribution in [0.25, 0.3) is 0 Å². The van der Waals surface area contributed by atoms with E-state index in [2.05, 4.69) is 0 Å². The maximum absolute atomic E-state index is 13.6. The fourth-order valence-corrected chi connectivity index (χ4v) is 2.25. The fraction of sp³-hybridized carbons (Fsp3) is 0.462. The van der Waals surface area contributed by atoms with E-state index in [0.29, 0.717) is 6.54 Å². The Kier molecular flexibility index (Phi) is 3.43. The quantitative estimate of drug-likeness (QED) is 0.851. The molecule has 3 nitrogen and oxygen atoms in total. The summed E-state index contributed by atoms with van der Waals surface area (Å²) in [5, 5.41) is 9.17. The summed E-state index contributed by atoms with van der Waals surface area (Å²) in [6.07, 6.45) is 1.65. The first-order chi connectivity index (χ1) is 8.13. The standard InChI is InChI=1S/C13H16FNO2/c1-9-4-5-12(14)11(7-9)13(17)15-6-2-3-10(15)8-16/h4-5,7,10,16H,2-3,6,8H2,1H3/t10-/m0/s1. The van der Waals surface area contributed by atoms with Gasteiger partial charge in [0.25, 0.3) is 5.91 Å². The van der Waals surface area contributed by atoms with Gasteiger partial charge in [0.1, 0.15) is 5.82 Å². The van der Waals surface area contributed by atoms with Crippen molar-refractivity contribution in [1.82, 2.24) is 4.90 Å². The smallest absolute Gasteiger partial charge is 0.257 e. The van der Waals surface area contributed by atoms with Gasteiger partial charge >= 0.3 is 0 Å². The first-order valence-electron chi connectivity index (χ1n) is 5.81. The molecule has 0 radical (unpaired) electrons. The van der Waals surface area contributed by atoms with E-state index in [4.69, 9.17) is 5.11 Å². The summed E-state index contributed by atoms with van der Waals surface area (Å²) >= 11 is 0. The molecule has 1 aliphatic heterocycles. The summed E-state index contributed by atoms with van der Waals surface area (Å²) in [7, 11) is 0. The predicted octanol–water partition coefficient (Wildman–Crippen LogP) is 1.73. The third-order valence-electron chi connectivity index (χ3n) is 3.20. The van der Waals surface area contributed by atoms with E-state index in [1.54, 1.807) is 17.0 Å². The first kappa shape index (κ1) is 12.0. The molecule has 0 spiro atoms. The molecule has 0 unspecified atom stereocenters. The number of carbonyl (C=O) groups excluding carboxylic acids is 1. The Balaban J connectivity index is 2.27. The lowest BCUT2D eigenvalue weighted by Crippen LogP contribution is -2.38. The molecule has 4 heteroatoms. The number of amides is 1. The first-order valence-corrected chi connectivity index (χ1v) is 5.81. The molecule has 1 heterocycles. The zero-order valence-electron chi connectivity index (χ0n) is 9.82. The number of aliphatic hydroxyl groups is 1. The van der Waals surface area contributed by atoms with E-state index in [1.165, 1.54) is 6.07 Å². The maximum Gasteiger partial charge on any atom is 0.257 e. The Hall–Kier alpha value is -1.42. The van der Waals surface area contributed by atoms with Crippen molar-refractivity contribution in [2.45, 2.75) is 25.8 Å². The number of rotatable bonds is 2. The van der Waals surface area contributed by atoms with Crippen LogP contribution in [-0.4, -0.2) is 35.1 Å². The summed E-state index contributed by atoms with van der Waals surface area (Å²) < 4.78 is 13.6. The number of aliphatic hydroxyl groups excluding tert-OH is 1. The summed E-state index contributed by atoms with van der Waals surface area (Å²) in [6.45, 7) is 2.36. The second-order valence-corrected chi connectivity index (χ2v) is 4.46. The molecule has 1 N–H and O–H groups in total. The maximum atomic E-state index is 13.6. The average Bonchev–Trinajstić information content (AvgIpc) is 2.79. The predicted molar refractivity (Wildman–Crippen MR) is 62.3 cm³/mol. The van der Waals surface area contributed by atoms with Crippen LogP contribution in [0.2, 0.25) is 0 Å². The van der Waals surface area contributed by atoms with Crippen LogP contribution in [0.15, 0.2) is 18.2 Å². The number of carbonyl (C=O) groups is 1. The summed E-state index contributed by atoms with van der Waals surface area (Å²) in [4.78, 5) is 13.7. The van der Waals surface area contributed by atoms with E-state index in [1.807, 2.05) is 6.92 Å². The Morgan fingerprint density at radius 3 is 3.06 bits per heavy atom. The molecule has 17 heavy (non-hydrogen) atoms. The molecule has 2 rings (SSSR count). The van der Waals surface area contributed by atoms with Gasteiger partial charge in [-0.05, 0) is 31.9 Å². The van der Waals surface area contributed by atoms with Crippen LogP contribution in [0.5, 0.6) is 0 Å². The molecule has 1 fully saturated rings. The van der Waals surface area contributed by atoms with Crippen molar-refractivity contribution in [2.24, 2.45) is 0 Å². The molecule has 0 aromatic heterocycles. The van der Waals surface area contributed by atoms with Crippen molar-refractivity contribution in [1.29, 1.82) is 0 Å². The zero-order valence-corrected chi connectivity index (χ0v) is 9.82. The lowest BCUT2D eigenvalue weighted by atomic mass is 10.1. The molecule has 1 atom stereocenters. The number of hydrogen-bond acceptors (Lipinski definition) is 2. The SMILES string of the molecule is Cc1ccc(F)c(C(=O)N2CCC[C@H]2CO)c1. The summed E-state index contributed by atoms with van der Waals surface area (Å²) in [5.41, 5.74) is 0.958. The second kappa shape index (κ2) is 4.84. The third kappa shape index (κ3) is 2.31. The van der Waals surface area contributed by atoms with Crippen LogP contribution in [0, 0.1) is 12.7 Å². The normalized spacial score (nSPS) is 19.7. The lowest BCUT2D eigenvalue weighted by molar-refractivity contribution is 0.0673. The van der Waals surface area contributed by atoms with Crippen molar-refractivity contribution in [2.75, 3.05) is 13.2 Å². The zero-order chi connectivity index (χ0) is 12.4. The number of nitrogens with zero attached hydrogens (tertiary/aromatic N) is 1. The van der Waals surface area contributed by atoms with Gasteiger partial charge in [0.2, 0.25) is 0 Å². The van der Waals surface area contributed by atoms with Gasteiger partial charge in [-0.25, -0.2) is 4.39 Å². The molecule has 1 aromatic rings. The van der Waals surface area contributed by atoms with Crippen LogP contribution in [0.1, 0.15) is 28.8 Å². The van der Waals surface area contributed by atoms with E-state index in [-0.39, 0.29) is 24.1 Å². The molecule has 0 aliphatic carbocycles. The Morgan fingerprint density at radius 2 is 2.35 bits per heavy atom. The summed E-state index contributed by atoms with van der Waals surface area (Å²) in [6, 6.07) is 4.35. The Morgan fingerprint density at radius 1 is 1.59 bits per heavy atom. The van der Waals surface area contributed by atoms with Crippen LogP contribution < -0.4 is 0 Å². The van der Waals surface area contributed by atoms with Gasteiger partial charge in [-0.1, -0.05) is 11.6 Å². The molecule has 1 aliphatic rings. The number of aryl methyl sites for hydroxylation is 1. The number of benzene rings is 1. The van der Waals surface area contributed by atoms with Crippen molar-refractivity contribution < 1.29 is 14.3 Å². The van der Waals surface area contributed by atoms with Crippen LogP contribution >= 0.6 is 0 Å². The monoisotopic (exact) mass is 237 g/mol. The molecular weight excluding hydrogens is 221 g/mol. The van der Waals surface area contributed by atoms with E-state index in [0.717, 1.165) is 18.4 Å². The van der Waals surface area contributed by atoms with Gasteiger partial charge in [-0.2, -0.15) is 0 Å². The minimum absolute atomic E-state index is 0.0564. The van der Waals surface area contributed by atoms with Gasteiger partial charge in [-0.3, -0.25) is 4.79 Å². The van der Waals surface area contributed by atoms with Gasteiger partial charge in [-0.15, -0.1) is 0 Å². The Bertz CT molecular complexity index is 433. The highest BCUT2D eigenvalue weighted by atomic mass is 19.1. The van der Waals surface area contributed by atoms with Gasteiger partial charge < -0.3 is 10.0 Å². The molecule has 1 aromatic carbocycles. The van der Waals surface area contributed by atoms with E-state index >= 15 is 0 Å². The number of likely N-dealkylation sites (tertiary alicyclic amines) is 1. The highest BCUT2D eigenvalue weighted by Gasteiger charge is 2.30. The third-order valence-corrected chi connectivity index (χ3v) is 3.20. The van der Waals surface area contributed by atoms with E-state index < -0.39 is 5.82 Å². The lowest BCUT2D eigenvalue weighted by Gasteiger charge is -2.23. The molecule has 92 valence electrons. The largest absolute Gasteiger partial charge is 0.394 e. The topological polar surface area (TPSA) is 40.5 Å². The van der Waals surface area contributed by atoms with Crippen molar-refractivity contribution in [3.05, 3.63) is 35.1 Å². The molecule has 1 amide bonds. The minimum Gasteiger partial charge on any atom is -0.394 e. The van der Waals surface area contributed by atoms with Crippen LogP contribution in [0.4, 0.5) is 4.39 Å². The molecule has 0 bridgehead atoms. The number of halogens is 1. The second-order valence-electron chi connectivity index (χ2n) is 4.46. The van der Waals surface area contributed by atoms with Gasteiger partial charge in [0.05, 0.1) is 18.2 Å². The highest BCUT2D eigenvalue weighted by molar-refractivity contribution is 5.95. The Labute approximate surface area is 99.9 Å². The average molecular weight is 237 g/mol. The van der Waals surface area contributed by atoms with Gasteiger partial charge in [0, 0.05) is 6.54 Å². The molecule has 1 saturated heterocycles. The fourth-order valence-electron chi connectivity index (χ4n) is 2.25. The molecular formula is C13H16FNO2. The van der Waals surface area contributed by atoms with Crippen molar-refractivity contribution in [3.63, 3.8) is 0 Å².